The fourth-order valence-corrected chi connectivity index (χ4v) is 3.48. The number of hydrogen-bond donors (Lipinski definition) is 3. The third kappa shape index (κ3) is 3.19. The summed E-state index contributed by atoms with van der Waals surface area (Å²) in [6, 6.07) is 14.2. The quantitative estimate of drug-likeness (QED) is 0.411. The van der Waals surface area contributed by atoms with Crippen LogP contribution in [0.15, 0.2) is 67.3 Å². The Labute approximate surface area is 173 Å². The molecule has 0 spiro atoms. The minimum Gasteiger partial charge on any atom is -0.395 e. The number of aliphatic hydroxyl groups excluding tert-OH is 1. The summed E-state index contributed by atoms with van der Waals surface area (Å²) < 4.78 is 1.96. The summed E-state index contributed by atoms with van der Waals surface area (Å²) in [4.78, 5) is 9.30. The number of aromatic amines is 1. The van der Waals surface area contributed by atoms with E-state index in [1.807, 2.05) is 73.1 Å². The Hall–Kier alpha value is -3.71. The molecular formula is C23H22N6O. The highest BCUT2D eigenvalue weighted by atomic mass is 16.3. The standard InChI is InChI=1S/C23H22N6O/c1-23(2,14-30)17-5-7-18(8-6-17)26-21-22-24-9-10-29(22)13-20(27-21)15-3-4-16-12-25-28-19(16)11-15/h3-13,30H,14H2,1-2H3,(H,25,28)(H,26,27). The molecule has 0 radical (unpaired) electrons. The first-order chi connectivity index (χ1) is 14.5. The van der Waals surface area contributed by atoms with Crippen molar-refractivity contribution in [3.63, 3.8) is 0 Å². The third-order valence-corrected chi connectivity index (χ3v) is 5.44. The maximum Gasteiger partial charge on any atom is 0.180 e. The predicted molar refractivity (Wildman–Crippen MR) is 118 cm³/mol. The molecule has 3 heterocycles. The van der Waals surface area contributed by atoms with Crippen molar-refractivity contribution in [2.45, 2.75) is 19.3 Å². The van der Waals surface area contributed by atoms with Crippen molar-refractivity contribution in [1.29, 1.82) is 0 Å². The number of imidazole rings is 1. The van der Waals surface area contributed by atoms with Crippen LogP contribution in [-0.2, 0) is 5.41 Å². The lowest BCUT2D eigenvalue weighted by atomic mass is 9.85. The molecule has 30 heavy (non-hydrogen) atoms. The van der Waals surface area contributed by atoms with E-state index in [2.05, 4.69) is 20.5 Å². The number of benzene rings is 2. The Kier molecular flexibility index (Phi) is 4.25. The molecule has 0 saturated heterocycles. The Bertz CT molecular complexity index is 1330. The van der Waals surface area contributed by atoms with Crippen molar-refractivity contribution in [3.8, 4) is 11.3 Å². The molecule has 7 heteroatoms. The van der Waals surface area contributed by atoms with Gasteiger partial charge in [-0.05, 0) is 23.8 Å². The van der Waals surface area contributed by atoms with Crippen molar-refractivity contribution < 1.29 is 5.11 Å². The van der Waals surface area contributed by atoms with Gasteiger partial charge in [0, 0.05) is 40.6 Å². The van der Waals surface area contributed by atoms with E-state index >= 15 is 0 Å². The van der Waals surface area contributed by atoms with Gasteiger partial charge in [0.25, 0.3) is 0 Å². The van der Waals surface area contributed by atoms with Crippen molar-refractivity contribution in [1.82, 2.24) is 24.6 Å². The number of fused-ring (bicyclic) bond motifs is 2. The molecule has 3 aromatic heterocycles. The van der Waals surface area contributed by atoms with Gasteiger partial charge in [-0.15, -0.1) is 0 Å². The smallest absolute Gasteiger partial charge is 0.180 e. The number of hydrogen-bond acceptors (Lipinski definition) is 5. The van der Waals surface area contributed by atoms with Gasteiger partial charge < -0.3 is 14.8 Å². The Morgan fingerprint density at radius 2 is 1.97 bits per heavy atom. The van der Waals surface area contributed by atoms with Crippen LogP contribution < -0.4 is 5.32 Å². The molecule has 0 bridgehead atoms. The fraction of sp³-hybridized carbons (Fsp3) is 0.174. The van der Waals surface area contributed by atoms with Crippen LogP contribution in [0.5, 0.6) is 0 Å². The van der Waals surface area contributed by atoms with E-state index in [0.29, 0.717) is 5.82 Å². The number of rotatable bonds is 5. The highest BCUT2D eigenvalue weighted by Crippen LogP contribution is 2.28. The first kappa shape index (κ1) is 18.3. The molecule has 0 aliphatic carbocycles. The molecule has 0 aliphatic rings. The lowest BCUT2D eigenvalue weighted by Crippen LogP contribution is -2.21. The number of nitrogens with zero attached hydrogens (tertiary/aromatic N) is 4. The summed E-state index contributed by atoms with van der Waals surface area (Å²) in [7, 11) is 0. The summed E-state index contributed by atoms with van der Waals surface area (Å²) in [6.07, 6.45) is 7.45. The minimum atomic E-state index is -0.279. The predicted octanol–water partition coefficient (Wildman–Crippen LogP) is 4.29. The van der Waals surface area contributed by atoms with Crippen molar-refractivity contribution in [3.05, 3.63) is 72.8 Å². The molecule has 3 N–H and O–H groups in total. The van der Waals surface area contributed by atoms with Crippen molar-refractivity contribution >= 4 is 28.1 Å². The number of nitrogens with one attached hydrogen (secondary N) is 2. The van der Waals surface area contributed by atoms with Crippen LogP contribution in [-0.4, -0.2) is 36.3 Å². The van der Waals surface area contributed by atoms with Gasteiger partial charge in [-0.25, -0.2) is 9.97 Å². The Balaban J connectivity index is 1.53. The molecule has 0 amide bonds. The first-order valence-electron chi connectivity index (χ1n) is 9.79. The first-order valence-corrected chi connectivity index (χ1v) is 9.79. The third-order valence-electron chi connectivity index (χ3n) is 5.44. The van der Waals surface area contributed by atoms with Crippen LogP contribution in [0, 0.1) is 0 Å². The molecule has 0 saturated carbocycles. The van der Waals surface area contributed by atoms with E-state index in [4.69, 9.17) is 4.98 Å². The lowest BCUT2D eigenvalue weighted by Gasteiger charge is -2.22. The second kappa shape index (κ2) is 6.96. The second-order valence-corrected chi connectivity index (χ2v) is 8.05. The highest BCUT2D eigenvalue weighted by molar-refractivity contribution is 5.83. The zero-order valence-corrected chi connectivity index (χ0v) is 16.8. The van der Waals surface area contributed by atoms with Crippen molar-refractivity contribution in [2.24, 2.45) is 0 Å². The summed E-state index contributed by atoms with van der Waals surface area (Å²) in [6.45, 7) is 4.13. The highest BCUT2D eigenvalue weighted by Gasteiger charge is 2.19. The molecule has 0 unspecified atom stereocenters. The van der Waals surface area contributed by atoms with Gasteiger partial charge in [-0.3, -0.25) is 5.10 Å². The van der Waals surface area contributed by atoms with Gasteiger partial charge in [0.2, 0.25) is 0 Å². The molecule has 0 atom stereocenters. The Morgan fingerprint density at radius 3 is 2.77 bits per heavy atom. The molecule has 5 rings (SSSR count). The summed E-state index contributed by atoms with van der Waals surface area (Å²) in [5, 5.41) is 21.2. The van der Waals surface area contributed by atoms with Gasteiger partial charge >= 0.3 is 0 Å². The van der Waals surface area contributed by atoms with Gasteiger partial charge in [0.15, 0.2) is 11.5 Å². The van der Waals surface area contributed by atoms with Gasteiger partial charge in [0.05, 0.1) is 24.0 Å². The monoisotopic (exact) mass is 398 g/mol. The van der Waals surface area contributed by atoms with Crippen LogP contribution in [0.2, 0.25) is 0 Å². The maximum absolute atomic E-state index is 9.59. The van der Waals surface area contributed by atoms with Gasteiger partial charge in [0.1, 0.15) is 0 Å². The molecular weight excluding hydrogens is 376 g/mol. The second-order valence-electron chi connectivity index (χ2n) is 8.05. The van der Waals surface area contributed by atoms with E-state index in [1.54, 1.807) is 12.4 Å². The van der Waals surface area contributed by atoms with Crippen LogP contribution in [0.1, 0.15) is 19.4 Å². The van der Waals surface area contributed by atoms with Crippen LogP contribution in [0.3, 0.4) is 0 Å². The molecule has 5 aromatic rings. The average Bonchev–Trinajstić information content (AvgIpc) is 3.43. The Morgan fingerprint density at radius 1 is 1.13 bits per heavy atom. The number of anilines is 2. The number of H-pyrrole nitrogens is 1. The zero-order valence-electron chi connectivity index (χ0n) is 16.8. The van der Waals surface area contributed by atoms with Gasteiger partial charge in [-0.2, -0.15) is 5.10 Å². The molecule has 0 aliphatic heterocycles. The summed E-state index contributed by atoms with van der Waals surface area (Å²) in [5.74, 6) is 0.677. The van der Waals surface area contributed by atoms with Crippen LogP contribution in [0.4, 0.5) is 11.5 Å². The molecule has 2 aromatic carbocycles. The molecule has 0 fully saturated rings. The zero-order chi connectivity index (χ0) is 20.7. The van der Waals surface area contributed by atoms with E-state index in [-0.39, 0.29) is 12.0 Å². The summed E-state index contributed by atoms with van der Waals surface area (Å²) >= 11 is 0. The van der Waals surface area contributed by atoms with Crippen LogP contribution in [0.25, 0.3) is 27.8 Å². The van der Waals surface area contributed by atoms with E-state index in [0.717, 1.165) is 39.1 Å². The van der Waals surface area contributed by atoms with Gasteiger partial charge in [-0.1, -0.05) is 38.1 Å². The summed E-state index contributed by atoms with van der Waals surface area (Å²) in [5.41, 5.74) is 5.25. The fourth-order valence-electron chi connectivity index (χ4n) is 3.48. The maximum atomic E-state index is 9.59. The average molecular weight is 398 g/mol. The minimum absolute atomic E-state index is 0.0960. The van der Waals surface area contributed by atoms with E-state index in [9.17, 15) is 5.11 Å². The van der Waals surface area contributed by atoms with E-state index in [1.165, 1.54) is 0 Å². The van der Waals surface area contributed by atoms with Crippen molar-refractivity contribution in [2.75, 3.05) is 11.9 Å². The molecule has 7 nitrogen and oxygen atoms in total. The normalized spacial score (nSPS) is 12.0. The number of aliphatic hydroxyl groups is 1. The largest absolute Gasteiger partial charge is 0.395 e. The SMILES string of the molecule is CC(C)(CO)c1ccc(Nc2nc(-c3ccc4cn[nH]c4c3)cn3ccnc23)cc1. The lowest BCUT2D eigenvalue weighted by molar-refractivity contribution is 0.218. The number of aromatic nitrogens is 5. The van der Waals surface area contributed by atoms with E-state index < -0.39 is 0 Å². The topological polar surface area (TPSA) is 91.1 Å². The van der Waals surface area contributed by atoms with Crippen LogP contribution >= 0.6 is 0 Å². The molecule has 150 valence electrons.